The first-order valence-corrected chi connectivity index (χ1v) is 9.26. The second kappa shape index (κ2) is 6.88. The molecule has 0 N–H and O–H groups in total. The SMILES string of the molecule is CC(C)N1CCC(CCS(=O)(=O)c2ccc(F)cc2)CC1. The van der Waals surface area contributed by atoms with Crippen LogP contribution in [0.15, 0.2) is 29.2 Å². The Hall–Kier alpha value is -0.940. The van der Waals surface area contributed by atoms with Crippen LogP contribution in [0.4, 0.5) is 4.39 Å². The maximum absolute atomic E-state index is 12.9. The van der Waals surface area contributed by atoms with Crippen LogP contribution in [-0.4, -0.2) is 38.2 Å². The third-order valence-corrected chi connectivity index (χ3v) is 6.11. The minimum atomic E-state index is -3.29. The summed E-state index contributed by atoms with van der Waals surface area (Å²) in [4.78, 5) is 2.66. The van der Waals surface area contributed by atoms with Crippen molar-refractivity contribution < 1.29 is 12.8 Å². The number of likely N-dealkylation sites (tertiary alicyclic amines) is 1. The van der Waals surface area contributed by atoms with Crippen LogP contribution in [0.3, 0.4) is 0 Å². The highest BCUT2D eigenvalue weighted by Crippen LogP contribution is 2.24. The molecule has 0 bridgehead atoms. The van der Waals surface area contributed by atoms with Crippen LogP contribution in [0.1, 0.15) is 33.1 Å². The van der Waals surface area contributed by atoms with Gasteiger partial charge in [0, 0.05) is 6.04 Å². The molecule has 21 heavy (non-hydrogen) atoms. The van der Waals surface area contributed by atoms with Crippen LogP contribution >= 0.6 is 0 Å². The third-order valence-electron chi connectivity index (χ3n) is 4.35. The fourth-order valence-corrected chi connectivity index (χ4v) is 4.27. The smallest absolute Gasteiger partial charge is 0.178 e. The number of sulfone groups is 1. The van der Waals surface area contributed by atoms with Gasteiger partial charge in [-0.1, -0.05) is 0 Å². The van der Waals surface area contributed by atoms with E-state index in [-0.39, 0.29) is 10.6 Å². The molecule has 1 aromatic rings. The van der Waals surface area contributed by atoms with E-state index in [9.17, 15) is 12.8 Å². The van der Waals surface area contributed by atoms with Crippen LogP contribution in [-0.2, 0) is 9.84 Å². The molecule has 1 fully saturated rings. The van der Waals surface area contributed by atoms with Gasteiger partial charge in [0.05, 0.1) is 10.6 Å². The first-order chi connectivity index (χ1) is 9.88. The lowest BCUT2D eigenvalue weighted by molar-refractivity contribution is 0.148. The summed E-state index contributed by atoms with van der Waals surface area (Å²) in [6.07, 6.45) is 2.83. The maximum Gasteiger partial charge on any atom is 0.178 e. The molecule has 1 heterocycles. The van der Waals surface area contributed by atoms with E-state index in [1.54, 1.807) is 0 Å². The number of benzene rings is 1. The number of hydrogen-bond acceptors (Lipinski definition) is 3. The highest BCUT2D eigenvalue weighted by molar-refractivity contribution is 7.91. The predicted molar refractivity (Wildman–Crippen MR) is 82.5 cm³/mol. The van der Waals surface area contributed by atoms with Gasteiger partial charge in [-0.3, -0.25) is 0 Å². The molecule has 0 saturated carbocycles. The van der Waals surface area contributed by atoms with Gasteiger partial charge in [0.15, 0.2) is 9.84 Å². The van der Waals surface area contributed by atoms with Crippen LogP contribution < -0.4 is 0 Å². The first kappa shape index (κ1) is 16.4. The van der Waals surface area contributed by atoms with Crippen LogP contribution in [0, 0.1) is 11.7 Å². The predicted octanol–water partition coefficient (Wildman–Crippen LogP) is 3.11. The van der Waals surface area contributed by atoms with Crippen LogP contribution in [0.2, 0.25) is 0 Å². The molecule has 0 unspecified atom stereocenters. The van der Waals surface area contributed by atoms with Crippen molar-refractivity contribution in [1.82, 2.24) is 4.90 Å². The second-order valence-electron chi connectivity index (χ2n) is 6.13. The van der Waals surface area contributed by atoms with E-state index >= 15 is 0 Å². The normalized spacial score (nSPS) is 18.3. The lowest BCUT2D eigenvalue weighted by atomic mass is 9.94. The van der Waals surface area contributed by atoms with Crippen LogP contribution in [0.5, 0.6) is 0 Å². The van der Waals surface area contributed by atoms with Crippen molar-refractivity contribution in [3.63, 3.8) is 0 Å². The standard InChI is InChI=1S/C16H24FNO2S/c1-13(2)18-10-7-14(8-11-18)9-12-21(19,20)16-5-3-15(17)4-6-16/h3-6,13-14H,7-12H2,1-2H3. The lowest BCUT2D eigenvalue weighted by Gasteiger charge is -2.34. The monoisotopic (exact) mass is 313 g/mol. The summed E-state index contributed by atoms with van der Waals surface area (Å²) in [6, 6.07) is 5.67. The third kappa shape index (κ3) is 4.51. The fraction of sp³-hybridized carbons (Fsp3) is 0.625. The van der Waals surface area contributed by atoms with Crippen molar-refractivity contribution in [3.05, 3.63) is 30.1 Å². The van der Waals surface area contributed by atoms with Gasteiger partial charge in [0.1, 0.15) is 5.82 Å². The zero-order chi connectivity index (χ0) is 15.5. The van der Waals surface area contributed by atoms with Crippen LogP contribution in [0.25, 0.3) is 0 Å². The molecule has 0 spiro atoms. The largest absolute Gasteiger partial charge is 0.301 e. The number of hydrogen-bond donors (Lipinski definition) is 0. The molecule has 0 aliphatic carbocycles. The Bertz CT molecular complexity index is 546. The zero-order valence-corrected chi connectivity index (χ0v) is 13.6. The van der Waals surface area contributed by atoms with E-state index in [2.05, 4.69) is 18.7 Å². The van der Waals surface area contributed by atoms with Gasteiger partial charge in [0.2, 0.25) is 0 Å². The highest BCUT2D eigenvalue weighted by Gasteiger charge is 2.23. The summed E-state index contributed by atoms with van der Waals surface area (Å²) in [5, 5.41) is 0. The second-order valence-corrected chi connectivity index (χ2v) is 8.24. The van der Waals surface area contributed by atoms with Crippen molar-refractivity contribution in [2.24, 2.45) is 5.92 Å². The zero-order valence-electron chi connectivity index (χ0n) is 12.8. The molecular formula is C16H24FNO2S. The van der Waals surface area contributed by atoms with E-state index in [0.717, 1.165) is 25.9 Å². The molecule has 0 amide bonds. The average molecular weight is 313 g/mol. The van der Waals surface area contributed by atoms with Gasteiger partial charge in [-0.15, -0.1) is 0 Å². The average Bonchev–Trinajstić information content (AvgIpc) is 2.46. The molecule has 3 nitrogen and oxygen atoms in total. The molecular weight excluding hydrogens is 289 g/mol. The molecule has 5 heteroatoms. The van der Waals surface area contributed by atoms with Gasteiger partial charge in [-0.2, -0.15) is 0 Å². The Kier molecular flexibility index (Phi) is 5.38. The Morgan fingerprint density at radius 2 is 1.76 bits per heavy atom. The van der Waals surface area contributed by atoms with E-state index in [0.29, 0.717) is 18.4 Å². The van der Waals surface area contributed by atoms with Gasteiger partial charge < -0.3 is 4.90 Å². The lowest BCUT2D eigenvalue weighted by Crippen LogP contribution is -2.38. The molecule has 1 saturated heterocycles. The van der Waals surface area contributed by atoms with Crippen molar-refractivity contribution >= 4 is 9.84 Å². The summed E-state index contributed by atoms with van der Waals surface area (Å²) in [6.45, 7) is 6.50. The Morgan fingerprint density at radius 1 is 1.19 bits per heavy atom. The van der Waals surface area contributed by atoms with E-state index < -0.39 is 15.7 Å². The minimum absolute atomic E-state index is 0.158. The van der Waals surface area contributed by atoms with Gasteiger partial charge >= 0.3 is 0 Å². The number of nitrogens with zero attached hydrogens (tertiary/aromatic N) is 1. The van der Waals surface area contributed by atoms with Gasteiger partial charge in [0.25, 0.3) is 0 Å². The molecule has 1 aliphatic rings. The summed E-state index contributed by atoms with van der Waals surface area (Å²) in [5.41, 5.74) is 0. The summed E-state index contributed by atoms with van der Waals surface area (Å²) >= 11 is 0. The fourth-order valence-electron chi connectivity index (χ4n) is 2.84. The Balaban J connectivity index is 1.87. The van der Waals surface area contributed by atoms with Crippen molar-refractivity contribution in [2.45, 2.75) is 44.0 Å². The number of piperidine rings is 1. The molecule has 0 aromatic heterocycles. The quantitative estimate of drug-likeness (QED) is 0.784. The summed E-state index contributed by atoms with van der Waals surface area (Å²) in [7, 11) is -3.29. The Labute approximate surface area is 127 Å². The maximum atomic E-state index is 12.9. The van der Waals surface area contributed by atoms with E-state index in [1.807, 2.05) is 0 Å². The van der Waals surface area contributed by atoms with E-state index in [4.69, 9.17) is 0 Å². The summed E-state index contributed by atoms with van der Waals surface area (Å²) in [5.74, 6) is 0.232. The van der Waals surface area contributed by atoms with Gasteiger partial charge in [-0.05, 0) is 76.4 Å². The van der Waals surface area contributed by atoms with Crippen molar-refractivity contribution in [1.29, 1.82) is 0 Å². The molecule has 118 valence electrons. The topological polar surface area (TPSA) is 37.4 Å². The summed E-state index contributed by atoms with van der Waals surface area (Å²) < 4.78 is 37.3. The molecule has 1 aromatic carbocycles. The molecule has 1 aliphatic heterocycles. The minimum Gasteiger partial charge on any atom is -0.301 e. The number of rotatable bonds is 5. The highest BCUT2D eigenvalue weighted by atomic mass is 32.2. The first-order valence-electron chi connectivity index (χ1n) is 7.61. The van der Waals surface area contributed by atoms with Crippen molar-refractivity contribution in [3.8, 4) is 0 Å². The van der Waals surface area contributed by atoms with Crippen molar-refractivity contribution in [2.75, 3.05) is 18.8 Å². The van der Waals surface area contributed by atoms with E-state index in [1.165, 1.54) is 24.3 Å². The molecule has 2 rings (SSSR count). The molecule has 0 atom stereocenters. The molecule has 0 radical (unpaired) electrons. The number of halogens is 1. The van der Waals surface area contributed by atoms with Gasteiger partial charge in [-0.25, -0.2) is 12.8 Å². The Morgan fingerprint density at radius 3 is 2.29 bits per heavy atom.